The van der Waals surface area contributed by atoms with Crippen molar-refractivity contribution in [3.05, 3.63) is 35.9 Å². The molecule has 1 aliphatic rings. The Morgan fingerprint density at radius 1 is 1.10 bits per heavy atom. The first kappa shape index (κ1) is 16.5. The number of likely N-dealkylation sites (tertiary alicyclic amines) is 1. The minimum Gasteiger partial charge on any atom is -0.312 e. The number of nitrogens with zero attached hydrogens (tertiary/aromatic N) is 1. The summed E-state index contributed by atoms with van der Waals surface area (Å²) in [6.45, 7) is 14.1. The fourth-order valence-corrected chi connectivity index (χ4v) is 3.53. The summed E-state index contributed by atoms with van der Waals surface area (Å²) in [7, 11) is 0. The van der Waals surface area contributed by atoms with Crippen LogP contribution in [0.1, 0.15) is 39.7 Å². The zero-order valence-corrected chi connectivity index (χ0v) is 14.2. The SMILES string of the molecule is CC(C)C(CNC1CCN(Cc2ccccc2)C1)C(C)C. The fraction of sp³-hybridized carbons (Fsp3) is 0.684. The lowest BCUT2D eigenvalue weighted by Crippen LogP contribution is -2.38. The van der Waals surface area contributed by atoms with Gasteiger partial charge in [0, 0.05) is 25.7 Å². The third-order valence-electron chi connectivity index (χ3n) is 4.88. The second-order valence-electron chi connectivity index (χ2n) is 7.27. The third kappa shape index (κ3) is 5.12. The Labute approximate surface area is 130 Å². The first-order valence-electron chi connectivity index (χ1n) is 8.56. The van der Waals surface area contributed by atoms with Crippen LogP contribution in [0.2, 0.25) is 0 Å². The van der Waals surface area contributed by atoms with E-state index in [4.69, 9.17) is 0 Å². The molecule has 0 aromatic heterocycles. The van der Waals surface area contributed by atoms with Crippen molar-refractivity contribution >= 4 is 0 Å². The Morgan fingerprint density at radius 2 is 1.76 bits per heavy atom. The van der Waals surface area contributed by atoms with Gasteiger partial charge in [-0.05, 0) is 36.3 Å². The second-order valence-corrected chi connectivity index (χ2v) is 7.27. The molecule has 0 bridgehead atoms. The highest BCUT2D eigenvalue weighted by Gasteiger charge is 2.24. The molecule has 2 nitrogen and oxygen atoms in total. The van der Waals surface area contributed by atoms with E-state index in [1.807, 2.05) is 0 Å². The van der Waals surface area contributed by atoms with Crippen LogP contribution < -0.4 is 5.32 Å². The van der Waals surface area contributed by atoms with E-state index in [-0.39, 0.29) is 0 Å². The molecule has 1 aromatic carbocycles. The molecule has 21 heavy (non-hydrogen) atoms. The molecular weight excluding hydrogens is 256 g/mol. The van der Waals surface area contributed by atoms with E-state index >= 15 is 0 Å². The Hall–Kier alpha value is -0.860. The number of rotatable bonds is 7. The lowest BCUT2D eigenvalue weighted by molar-refractivity contribution is 0.260. The largest absolute Gasteiger partial charge is 0.312 e. The number of benzene rings is 1. The minimum atomic E-state index is 0.675. The van der Waals surface area contributed by atoms with E-state index in [0.717, 1.165) is 24.3 Å². The van der Waals surface area contributed by atoms with Crippen LogP contribution in [-0.4, -0.2) is 30.6 Å². The predicted molar refractivity (Wildman–Crippen MR) is 91.3 cm³/mol. The van der Waals surface area contributed by atoms with E-state index in [9.17, 15) is 0 Å². The van der Waals surface area contributed by atoms with Crippen molar-refractivity contribution in [1.82, 2.24) is 10.2 Å². The van der Waals surface area contributed by atoms with Crippen molar-refractivity contribution in [2.45, 2.75) is 46.7 Å². The molecule has 0 spiro atoms. The van der Waals surface area contributed by atoms with Gasteiger partial charge in [0.05, 0.1) is 0 Å². The third-order valence-corrected chi connectivity index (χ3v) is 4.88. The molecule has 118 valence electrons. The van der Waals surface area contributed by atoms with Crippen LogP contribution >= 0.6 is 0 Å². The number of hydrogen-bond acceptors (Lipinski definition) is 2. The maximum atomic E-state index is 3.82. The molecule has 0 aliphatic carbocycles. The van der Waals surface area contributed by atoms with E-state index in [0.29, 0.717) is 6.04 Å². The minimum absolute atomic E-state index is 0.675. The molecular formula is C19H32N2. The molecule has 0 radical (unpaired) electrons. The Bertz CT molecular complexity index is 391. The second kappa shape index (κ2) is 7.95. The molecule has 1 N–H and O–H groups in total. The highest BCUT2D eigenvalue weighted by Crippen LogP contribution is 2.20. The normalized spacial score (nSPS) is 20.0. The van der Waals surface area contributed by atoms with Crippen LogP contribution in [0.25, 0.3) is 0 Å². The standard InChI is InChI=1S/C19H32N2/c1-15(2)19(16(3)4)12-20-18-10-11-21(14-18)13-17-8-6-5-7-9-17/h5-9,15-16,18-20H,10-14H2,1-4H3. The van der Waals surface area contributed by atoms with Crippen molar-refractivity contribution in [3.63, 3.8) is 0 Å². The monoisotopic (exact) mass is 288 g/mol. The van der Waals surface area contributed by atoms with Crippen LogP contribution in [0.5, 0.6) is 0 Å². The fourth-order valence-electron chi connectivity index (χ4n) is 3.53. The summed E-state index contributed by atoms with van der Waals surface area (Å²) in [6, 6.07) is 11.5. The van der Waals surface area contributed by atoms with Crippen molar-refractivity contribution in [1.29, 1.82) is 0 Å². The Balaban J connectivity index is 1.75. The van der Waals surface area contributed by atoms with Gasteiger partial charge in [0.2, 0.25) is 0 Å². The van der Waals surface area contributed by atoms with Crippen molar-refractivity contribution in [3.8, 4) is 0 Å². The summed E-state index contributed by atoms with van der Waals surface area (Å²) in [6.07, 6.45) is 1.29. The highest BCUT2D eigenvalue weighted by atomic mass is 15.2. The zero-order valence-electron chi connectivity index (χ0n) is 14.2. The maximum absolute atomic E-state index is 3.82. The molecule has 2 rings (SSSR count). The molecule has 1 fully saturated rings. The molecule has 0 saturated carbocycles. The molecule has 1 saturated heterocycles. The van der Waals surface area contributed by atoms with Gasteiger partial charge in [-0.15, -0.1) is 0 Å². The molecule has 1 unspecified atom stereocenters. The first-order valence-corrected chi connectivity index (χ1v) is 8.56. The van der Waals surface area contributed by atoms with Crippen LogP contribution in [-0.2, 0) is 6.54 Å². The van der Waals surface area contributed by atoms with Gasteiger partial charge in [0.15, 0.2) is 0 Å². The van der Waals surface area contributed by atoms with Gasteiger partial charge in [-0.3, -0.25) is 4.90 Å². The lowest BCUT2D eigenvalue weighted by atomic mass is 9.85. The maximum Gasteiger partial charge on any atom is 0.0234 e. The first-order chi connectivity index (χ1) is 10.1. The van der Waals surface area contributed by atoms with Gasteiger partial charge in [-0.2, -0.15) is 0 Å². The smallest absolute Gasteiger partial charge is 0.0234 e. The Morgan fingerprint density at radius 3 is 2.38 bits per heavy atom. The van der Waals surface area contributed by atoms with Crippen LogP contribution in [0.15, 0.2) is 30.3 Å². The van der Waals surface area contributed by atoms with Crippen LogP contribution in [0, 0.1) is 17.8 Å². The summed E-state index contributed by atoms with van der Waals surface area (Å²) in [5, 5.41) is 3.82. The van der Waals surface area contributed by atoms with E-state index < -0.39 is 0 Å². The summed E-state index contributed by atoms with van der Waals surface area (Å²) in [4.78, 5) is 2.58. The van der Waals surface area contributed by atoms with E-state index in [1.165, 1.54) is 31.6 Å². The van der Waals surface area contributed by atoms with Crippen molar-refractivity contribution in [2.24, 2.45) is 17.8 Å². The summed E-state index contributed by atoms with van der Waals surface area (Å²) in [5.41, 5.74) is 1.43. The molecule has 1 heterocycles. The molecule has 1 aliphatic heterocycles. The topological polar surface area (TPSA) is 15.3 Å². The van der Waals surface area contributed by atoms with E-state index in [2.05, 4.69) is 68.2 Å². The summed E-state index contributed by atoms with van der Waals surface area (Å²) < 4.78 is 0. The van der Waals surface area contributed by atoms with Crippen LogP contribution in [0.3, 0.4) is 0 Å². The predicted octanol–water partition coefficient (Wildman–Crippen LogP) is 3.78. The van der Waals surface area contributed by atoms with Crippen molar-refractivity contribution in [2.75, 3.05) is 19.6 Å². The zero-order chi connectivity index (χ0) is 15.2. The van der Waals surface area contributed by atoms with Crippen LogP contribution in [0.4, 0.5) is 0 Å². The van der Waals surface area contributed by atoms with Crippen molar-refractivity contribution < 1.29 is 0 Å². The average molecular weight is 288 g/mol. The van der Waals surface area contributed by atoms with Gasteiger partial charge >= 0.3 is 0 Å². The number of nitrogens with one attached hydrogen (secondary N) is 1. The molecule has 1 atom stereocenters. The Kier molecular flexibility index (Phi) is 6.25. The summed E-state index contributed by atoms with van der Waals surface area (Å²) in [5.74, 6) is 2.31. The number of hydrogen-bond donors (Lipinski definition) is 1. The van der Waals surface area contributed by atoms with Gasteiger partial charge in [-0.1, -0.05) is 58.0 Å². The summed E-state index contributed by atoms with van der Waals surface area (Å²) >= 11 is 0. The molecule has 1 aromatic rings. The van der Waals surface area contributed by atoms with Gasteiger partial charge < -0.3 is 5.32 Å². The quantitative estimate of drug-likeness (QED) is 0.821. The van der Waals surface area contributed by atoms with Gasteiger partial charge in [0.1, 0.15) is 0 Å². The van der Waals surface area contributed by atoms with Gasteiger partial charge in [0.25, 0.3) is 0 Å². The van der Waals surface area contributed by atoms with Gasteiger partial charge in [-0.25, -0.2) is 0 Å². The molecule has 0 amide bonds. The van der Waals surface area contributed by atoms with E-state index in [1.54, 1.807) is 0 Å². The highest BCUT2D eigenvalue weighted by molar-refractivity contribution is 5.14. The average Bonchev–Trinajstić information content (AvgIpc) is 2.87. The molecule has 2 heteroatoms. The lowest BCUT2D eigenvalue weighted by Gasteiger charge is -2.27.